The molecule has 2 rings (SSSR count). The number of nitrogens with one attached hydrogen (secondary N) is 1. The van der Waals surface area contributed by atoms with E-state index in [0.29, 0.717) is 24.3 Å². The number of methoxy groups -OCH3 is 1. The lowest BCUT2D eigenvalue weighted by Crippen LogP contribution is -2.35. The minimum Gasteiger partial charge on any atom is -0.383 e. The van der Waals surface area contributed by atoms with Gasteiger partial charge in [0.2, 0.25) is 5.91 Å². The van der Waals surface area contributed by atoms with Crippen LogP contribution in [-0.4, -0.2) is 49.4 Å². The fraction of sp³-hybridized carbons (Fsp3) is 0.400. The largest absolute Gasteiger partial charge is 0.383 e. The van der Waals surface area contributed by atoms with Crippen molar-refractivity contribution in [2.75, 3.05) is 26.8 Å². The van der Waals surface area contributed by atoms with Gasteiger partial charge >= 0.3 is 0 Å². The van der Waals surface area contributed by atoms with Gasteiger partial charge in [0.15, 0.2) is 0 Å². The van der Waals surface area contributed by atoms with E-state index in [-0.39, 0.29) is 30.7 Å². The molecule has 1 aliphatic heterocycles. The number of rotatable bonds is 6. The lowest BCUT2D eigenvalue weighted by atomic mass is 10.1. The topological polar surface area (TPSA) is 75.7 Å². The Labute approximate surface area is 123 Å². The molecule has 6 heteroatoms. The zero-order chi connectivity index (χ0) is 15.4. The van der Waals surface area contributed by atoms with Crippen molar-refractivity contribution in [2.24, 2.45) is 0 Å². The predicted octanol–water partition coefficient (Wildman–Crippen LogP) is 0.744. The Balaban J connectivity index is 1.96. The van der Waals surface area contributed by atoms with Crippen molar-refractivity contribution in [3.63, 3.8) is 0 Å². The summed E-state index contributed by atoms with van der Waals surface area (Å²) in [6.45, 7) is 2.79. The molecule has 112 valence electrons. The Morgan fingerprint density at radius 3 is 2.67 bits per heavy atom. The highest BCUT2D eigenvalue weighted by molar-refractivity contribution is 6.21. The van der Waals surface area contributed by atoms with E-state index in [1.54, 1.807) is 25.3 Å². The summed E-state index contributed by atoms with van der Waals surface area (Å²) < 4.78 is 4.82. The standard InChI is InChI=1S/C15H18N2O4/c1-10-3-4-11-12(9-10)15(20)17(14(11)19)7-5-13(18)16-6-8-21-2/h3-4,9H,5-8H2,1-2H3,(H,16,18). The molecule has 1 aromatic carbocycles. The van der Waals surface area contributed by atoms with Crippen LogP contribution in [0, 0.1) is 6.92 Å². The van der Waals surface area contributed by atoms with Crippen molar-refractivity contribution >= 4 is 17.7 Å². The molecule has 1 heterocycles. The molecule has 0 spiro atoms. The summed E-state index contributed by atoms with van der Waals surface area (Å²) in [4.78, 5) is 37.1. The van der Waals surface area contributed by atoms with Crippen LogP contribution < -0.4 is 5.32 Å². The number of aryl methyl sites for hydroxylation is 1. The number of carbonyl (C=O) groups is 3. The SMILES string of the molecule is COCCNC(=O)CCN1C(=O)c2ccc(C)cc2C1=O. The maximum Gasteiger partial charge on any atom is 0.261 e. The Kier molecular flexibility index (Phi) is 4.70. The molecule has 0 saturated heterocycles. The fourth-order valence-corrected chi connectivity index (χ4v) is 2.20. The van der Waals surface area contributed by atoms with E-state index < -0.39 is 0 Å². The summed E-state index contributed by atoms with van der Waals surface area (Å²) in [5.41, 5.74) is 1.75. The summed E-state index contributed by atoms with van der Waals surface area (Å²) in [6, 6.07) is 5.16. The summed E-state index contributed by atoms with van der Waals surface area (Å²) in [5.74, 6) is -0.872. The number of ether oxygens (including phenoxy) is 1. The molecule has 1 N–H and O–H groups in total. The number of imide groups is 1. The molecular weight excluding hydrogens is 272 g/mol. The number of hydrogen-bond donors (Lipinski definition) is 1. The van der Waals surface area contributed by atoms with Gasteiger partial charge < -0.3 is 10.1 Å². The zero-order valence-electron chi connectivity index (χ0n) is 12.1. The lowest BCUT2D eigenvalue weighted by molar-refractivity contribution is -0.121. The molecule has 6 nitrogen and oxygen atoms in total. The molecule has 0 aromatic heterocycles. The van der Waals surface area contributed by atoms with Crippen molar-refractivity contribution in [1.29, 1.82) is 0 Å². The van der Waals surface area contributed by atoms with Crippen LogP contribution in [0.5, 0.6) is 0 Å². The summed E-state index contributed by atoms with van der Waals surface area (Å²) in [5, 5.41) is 2.65. The quantitative estimate of drug-likeness (QED) is 0.619. The van der Waals surface area contributed by atoms with Crippen LogP contribution >= 0.6 is 0 Å². The summed E-state index contributed by atoms with van der Waals surface area (Å²) >= 11 is 0. The second kappa shape index (κ2) is 6.49. The first kappa shape index (κ1) is 15.2. The van der Waals surface area contributed by atoms with Crippen molar-refractivity contribution in [1.82, 2.24) is 10.2 Å². The Morgan fingerprint density at radius 1 is 1.24 bits per heavy atom. The number of nitrogens with zero attached hydrogens (tertiary/aromatic N) is 1. The van der Waals surface area contributed by atoms with E-state index in [1.165, 1.54) is 0 Å². The number of benzene rings is 1. The van der Waals surface area contributed by atoms with E-state index in [2.05, 4.69) is 5.32 Å². The van der Waals surface area contributed by atoms with E-state index in [4.69, 9.17) is 4.74 Å². The third-order valence-electron chi connectivity index (χ3n) is 3.32. The van der Waals surface area contributed by atoms with Gasteiger partial charge in [0.05, 0.1) is 17.7 Å². The van der Waals surface area contributed by atoms with Crippen LogP contribution in [0.3, 0.4) is 0 Å². The normalized spacial score (nSPS) is 13.5. The van der Waals surface area contributed by atoms with Gasteiger partial charge in [-0.2, -0.15) is 0 Å². The predicted molar refractivity (Wildman–Crippen MR) is 76.0 cm³/mol. The van der Waals surface area contributed by atoms with Gasteiger partial charge in [-0.25, -0.2) is 0 Å². The van der Waals surface area contributed by atoms with Crippen molar-refractivity contribution in [3.8, 4) is 0 Å². The van der Waals surface area contributed by atoms with Crippen LogP contribution in [0.15, 0.2) is 18.2 Å². The molecule has 0 saturated carbocycles. The molecule has 1 aromatic rings. The van der Waals surface area contributed by atoms with Gasteiger partial charge in [-0.1, -0.05) is 11.6 Å². The highest BCUT2D eigenvalue weighted by Crippen LogP contribution is 2.23. The van der Waals surface area contributed by atoms with Gasteiger partial charge in [0, 0.05) is 26.6 Å². The van der Waals surface area contributed by atoms with Crippen molar-refractivity contribution < 1.29 is 19.1 Å². The average Bonchev–Trinajstić information content (AvgIpc) is 2.69. The number of fused-ring (bicyclic) bond motifs is 1. The molecule has 3 amide bonds. The van der Waals surface area contributed by atoms with Gasteiger partial charge in [0.1, 0.15) is 0 Å². The second-order valence-corrected chi connectivity index (χ2v) is 4.90. The average molecular weight is 290 g/mol. The maximum atomic E-state index is 12.2. The highest BCUT2D eigenvalue weighted by atomic mass is 16.5. The minimum atomic E-state index is -0.334. The fourth-order valence-electron chi connectivity index (χ4n) is 2.20. The van der Waals surface area contributed by atoms with Gasteiger partial charge in [-0.3, -0.25) is 19.3 Å². The zero-order valence-corrected chi connectivity index (χ0v) is 12.1. The molecule has 21 heavy (non-hydrogen) atoms. The molecule has 0 radical (unpaired) electrons. The van der Waals surface area contributed by atoms with Gasteiger partial charge in [-0.15, -0.1) is 0 Å². The lowest BCUT2D eigenvalue weighted by Gasteiger charge is -2.13. The first-order valence-corrected chi connectivity index (χ1v) is 6.77. The molecular formula is C15H18N2O4. The highest BCUT2D eigenvalue weighted by Gasteiger charge is 2.35. The van der Waals surface area contributed by atoms with Crippen molar-refractivity contribution in [2.45, 2.75) is 13.3 Å². The van der Waals surface area contributed by atoms with Crippen LogP contribution in [0.25, 0.3) is 0 Å². The van der Waals surface area contributed by atoms with Crippen LogP contribution in [-0.2, 0) is 9.53 Å². The van der Waals surface area contributed by atoms with E-state index in [9.17, 15) is 14.4 Å². The molecule has 0 fully saturated rings. The third-order valence-corrected chi connectivity index (χ3v) is 3.32. The van der Waals surface area contributed by atoms with Crippen LogP contribution in [0.1, 0.15) is 32.7 Å². The molecule has 0 atom stereocenters. The first-order valence-electron chi connectivity index (χ1n) is 6.77. The minimum absolute atomic E-state index is 0.0875. The van der Waals surface area contributed by atoms with E-state index >= 15 is 0 Å². The van der Waals surface area contributed by atoms with E-state index in [0.717, 1.165) is 10.5 Å². The summed E-state index contributed by atoms with van der Waals surface area (Å²) in [6.07, 6.45) is 0.0914. The first-order chi connectivity index (χ1) is 10.0. The number of carbonyl (C=O) groups excluding carboxylic acids is 3. The number of hydrogen-bond acceptors (Lipinski definition) is 4. The molecule has 1 aliphatic rings. The summed E-state index contributed by atoms with van der Waals surface area (Å²) in [7, 11) is 1.55. The Morgan fingerprint density at radius 2 is 1.95 bits per heavy atom. The molecule has 0 bridgehead atoms. The van der Waals surface area contributed by atoms with Gasteiger partial charge in [-0.05, 0) is 19.1 Å². The smallest absolute Gasteiger partial charge is 0.261 e. The Bertz CT molecular complexity index is 583. The maximum absolute atomic E-state index is 12.2. The Hall–Kier alpha value is -2.21. The van der Waals surface area contributed by atoms with Crippen LogP contribution in [0.4, 0.5) is 0 Å². The van der Waals surface area contributed by atoms with Gasteiger partial charge in [0.25, 0.3) is 11.8 Å². The van der Waals surface area contributed by atoms with E-state index in [1.807, 2.05) is 6.92 Å². The monoisotopic (exact) mass is 290 g/mol. The number of amides is 3. The second-order valence-electron chi connectivity index (χ2n) is 4.90. The third kappa shape index (κ3) is 3.28. The molecule has 0 aliphatic carbocycles. The molecule has 0 unspecified atom stereocenters. The van der Waals surface area contributed by atoms with Crippen molar-refractivity contribution in [3.05, 3.63) is 34.9 Å². The van der Waals surface area contributed by atoms with Crippen LogP contribution in [0.2, 0.25) is 0 Å².